The van der Waals surface area contributed by atoms with Gasteiger partial charge >= 0.3 is 18.1 Å². The van der Waals surface area contributed by atoms with E-state index in [9.17, 15) is 41.5 Å². The van der Waals surface area contributed by atoms with Crippen molar-refractivity contribution in [3.05, 3.63) is 24.1 Å². The molecule has 1 saturated carbocycles. The molecule has 4 amide bonds. The van der Waals surface area contributed by atoms with Crippen molar-refractivity contribution in [2.24, 2.45) is 29.1 Å². The molecule has 250 valence electrons. The topological polar surface area (TPSA) is 164 Å². The summed E-state index contributed by atoms with van der Waals surface area (Å²) < 4.78 is 59.9. The number of likely N-dealkylation sites (tertiary alicyclic amines) is 1. The van der Waals surface area contributed by atoms with Crippen LogP contribution in [-0.4, -0.2) is 92.9 Å². The first-order valence-electron chi connectivity index (χ1n) is 14.9. The molecule has 46 heavy (non-hydrogen) atoms. The minimum atomic E-state index is -5.21. The molecule has 1 aliphatic carbocycles. The molecule has 17 heteroatoms. The Kier molecular flexibility index (Phi) is 8.72. The van der Waals surface area contributed by atoms with Crippen LogP contribution in [-0.2, 0) is 24.0 Å². The molecule has 4 heterocycles. The molecule has 0 radical (unpaired) electrons. The number of rotatable bonds is 11. The molecular formula is C29H35F4N7O6. The van der Waals surface area contributed by atoms with Crippen molar-refractivity contribution >= 4 is 35.1 Å². The van der Waals surface area contributed by atoms with Gasteiger partial charge in [0.25, 0.3) is 0 Å². The van der Waals surface area contributed by atoms with E-state index in [1.165, 1.54) is 41.5 Å². The van der Waals surface area contributed by atoms with Crippen molar-refractivity contribution in [2.45, 2.75) is 64.8 Å². The Morgan fingerprint density at radius 2 is 1.89 bits per heavy atom. The van der Waals surface area contributed by atoms with Crippen molar-refractivity contribution in [2.75, 3.05) is 19.7 Å². The van der Waals surface area contributed by atoms with Gasteiger partial charge < -0.3 is 25.6 Å². The number of alkyl halides is 3. The maximum absolute atomic E-state index is 14.0. The molecule has 2 aromatic heterocycles. The Morgan fingerprint density at radius 3 is 2.52 bits per heavy atom. The quantitative estimate of drug-likeness (QED) is 0.303. The van der Waals surface area contributed by atoms with Crippen LogP contribution >= 0.6 is 0 Å². The highest BCUT2D eigenvalue weighted by molar-refractivity contribution is 5.97. The molecule has 2 aliphatic heterocycles. The Hall–Kier alpha value is -4.31. The van der Waals surface area contributed by atoms with Crippen LogP contribution < -0.4 is 20.7 Å². The van der Waals surface area contributed by atoms with Gasteiger partial charge in [0.1, 0.15) is 12.1 Å². The van der Waals surface area contributed by atoms with Gasteiger partial charge in [0.15, 0.2) is 23.9 Å². The number of nitrogens with one attached hydrogen (secondary N) is 3. The number of carbonyl (C=O) groups is 5. The van der Waals surface area contributed by atoms with E-state index in [2.05, 4.69) is 20.8 Å². The molecule has 0 spiro atoms. The number of pyridine rings is 1. The number of halogens is 4. The van der Waals surface area contributed by atoms with E-state index in [-0.39, 0.29) is 47.8 Å². The number of aromatic nitrogens is 3. The molecule has 2 saturated heterocycles. The SMILES string of the molecule is CC(C)[C@H](NC(=O)C(F)(F)F)C(=O)N1C[C@H]2[C@@H]([C@H]1C(=O)N[C@@H](C[C@@H]1CCNC1=O)C(=O)COc1nnc3c(F)cccn13)C2(C)C. The summed E-state index contributed by atoms with van der Waals surface area (Å²) >= 11 is 0. The summed E-state index contributed by atoms with van der Waals surface area (Å²) in [5.74, 6) is -7.27. The third-order valence-electron chi connectivity index (χ3n) is 9.32. The molecule has 3 fully saturated rings. The van der Waals surface area contributed by atoms with Gasteiger partial charge in [-0.25, -0.2) is 8.79 Å². The van der Waals surface area contributed by atoms with E-state index in [0.29, 0.717) is 13.0 Å². The number of carbonyl (C=O) groups excluding carboxylic acids is 5. The van der Waals surface area contributed by atoms with Gasteiger partial charge in [0.05, 0.1) is 6.04 Å². The van der Waals surface area contributed by atoms with Gasteiger partial charge in [0, 0.05) is 25.2 Å². The predicted molar refractivity (Wildman–Crippen MR) is 150 cm³/mol. The largest absolute Gasteiger partial charge is 0.471 e. The second-order valence-corrected chi connectivity index (χ2v) is 12.9. The van der Waals surface area contributed by atoms with Crippen molar-refractivity contribution in [3.63, 3.8) is 0 Å². The molecular weight excluding hydrogens is 618 g/mol. The van der Waals surface area contributed by atoms with Gasteiger partial charge in [-0.3, -0.25) is 24.0 Å². The first kappa shape index (κ1) is 33.1. The first-order valence-corrected chi connectivity index (χ1v) is 14.9. The summed E-state index contributed by atoms with van der Waals surface area (Å²) in [6.45, 7) is 6.59. The smallest absolute Gasteiger partial charge is 0.455 e. The van der Waals surface area contributed by atoms with Crippen molar-refractivity contribution < 1.29 is 46.3 Å². The van der Waals surface area contributed by atoms with Gasteiger partial charge in [-0.2, -0.15) is 13.2 Å². The highest BCUT2D eigenvalue weighted by Crippen LogP contribution is 2.65. The highest BCUT2D eigenvalue weighted by Gasteiger charge is 2.69. The van der Waals surface area contributed by atoms with E-state index in [1.54, 1.807) is 5.32 Å². The van der Waals surface area contributed by atoms with Crippen LogP contribution in [0.25, 0.3) is 5.65 Å². The molecule has 13 nitrogen and oxygen atoms in total. The van der Waals surface area contributed by atoms with Crippen molar-refractivity contribution in [1.82, 2.24) is 35.4 Å². The lowest BCUT2D eigenvalue weighted by Crippen LogP contribution is -2.59. The fourth-order valence-corrected chi connectivity index (χ4v) is 6.61. The Balaban J connectivity index is 1.36. The predicted octanol–water partition coefficient (Wildman–Crippen LogP) is 1.01. The van der Waals surface area contributed by atoms with E-state index >= 15 is 0 Å². The molecule has 0 bridgehead atoms. The molecule has 0 unspecified atom stereocenters. The van der Waals surface area contributed by atoms with Crippen LogP contribution in [0.2, 0.25) is 0 Å². The fraction of sp³-hybridized carbons (Fsp3) is 0.621. The number of hydrogen-bond acceptors (Lipinski definition) is 8. The molecule has 6 atom stereocenters. The lowest BCUT2D eigenvalue weighted by atomic mass is 9.94. The Bertz CT molecular complexity index is 1560. The van der Waals surface area contributed by atoms with Crippen LogP contribution in [0.4, 0.5) is 17.6 Å². The Morgan fingerprint density at radius 1 is 1.17 bits per heavy atom. The van der Waals surface area contributed by atoms with E-state index in [0.717, 1.165) is 0 Å². The maximum atomic E-state index is 14.0. The normalized spacial score (nSPS) is 24.7. The summed E-state index contributed by atoms with van der Waals surface area (Å²) in [7, 11) is 0. The van der Waals surface area contributed by atoms with Crippen LogP contribution in [0.1, 0.15) is 40.5 Å². The third-order valence-corrected chi connectivity index (χ3v) is 9.32. The molecule has 3 N–H and O–H groups in total. The third kappa shape index (κ3) is 6.23. The van der Waals surface area contributed by atoms with Crippen molar-refractivity contribution in [1.29, 1.82) is 0 Å². The lowest BCUT2D eigenvalue weighted by molar-refractivity contribution is -0.175. The van der Waals surface area contributed by atoms with Gasteiger partial charge in [-0.1, -0.05) is 32.8 Å². The van der Waals surface area contributed by atoms with Crippen LogP contribution in [0, 0.1) is 34.9 Å². The number of amides is 4. The summed E-state index contributed by atoms with van der Waals surface area (Å²) in [6.07, 6.45) is -3.45. The number of nitrogens with zero attached hydrogens (tertiary/aromatic N) is 4. The zero-order chi connectivity index (χ0) is 33.7. The highest BCUT2D eigenvalue weighted by atomic mass is 19.4. The second-order valence-electron chi connectivity index (χ2n) is 12.9. The number of ketones is 1. The van der Waals surface area contributed by atoms with Gasteiger partial charge in [0.2, 0.25) is 17.7 Å². The van der Waals surface area contributed by atoms with E-state index < -0.39 is 72.1 Å². The first-order chi connectivity index (χ1) is 21.5. The molecule has 3 aliphatic rings. The average molecular weight is 654 g/mol. The number of hydrogen-bond donors (Lipinski definition) is 3. The zero-order valence-corrected chi connectivity index (χ0v) is 25.6. The van der Waals surface area contributed by atoms with Gasteiger partial charge in [-0.05, 0) is 48.1 Å². The monoisotopic (exact) mass is 653 g/mol. The van der Waals surface area contributed by atoms with Crippen LogP contribution in [0.5, 0.6) is 6.01 Å². The number of fused-ring (bicyclic) bond motifs is 2. The molecule has 0 aromatic carbocycles. The number of Topliss-reactive ketones (excluding diaryl/α,β-unsaturated/α-hetero) is 1. The van der Waals surface area contributed by atoms with E-state index in [4.69, 9.17) is 4.74 Å². The minimum Gasteiger partial charge on any atom is -0.455 e. The van der Waals surface area contributed by atoms with Crippen LogP contribution in [0.15, 0.2) is 18.3 Å². The van der Waals surface area contributed by atoms with Gasteiger partial charge in [-0.15, -0.1) is 5.10 Å². The minimum absolute atomic E-state index is 0.0724. The Labute approximate surface area is 260 Å². The fourth-order valence-electron chi connectivity index (χ4n) is 6.61. The standard InChI is InChI=1S/C29H35F4N7O6/c1-13(2)20(36-26(45)29(31,32)33)25(44)40-11-15-19(28(15,3)4)21(40)24(43)35-17(10-14-7-8-34-23(14)42)18(41)12-46-27-38-37-22-16(30)6-5-9-39(22)27/h5-6,9,13-15,17,19-21H,7-8,10-12H2,1-4H3,(H,34,42)(H,35,43)(H,36,45)/t14-,15-,17-,19-,20-,21-/m0/s1. The summed E-state index contributed by atoms with van der Waals surface area (Å²) in [5.41, 5.74) is -0.504. The molecule has 5 rings (SSSR count). The van der Waals surface area contributed by atoms with E-state index in [1.807, 2.05) is 13.8 Å². The summed E-state index contributed by atoms with van der Waals surface area (Å²) in [4.78, 5) is 66.4. The summed E-state index contributed by atoms with van der Waals surface area (Å²) in [5, 5.41) is 14.6. The second kappa shape index (κ2) is 12.1. The zero-order valence-electron chi connectivity index (χ0n) is 25.6. The van der Waals surface area contributed by atoms with Crippen LogP contribution in [0.3, 0.4) is 0 Å². The summed E-state index contributed by atoms with van der Waals surface area (Å²) in [6, 6.07) is -1.56. The number of piperidine rings is 1. The van der Waals surface area contributed by atoms with Crippen molar-refractivity contribution in [3.8, 4) is 6.01 Å². The molecule has 2 aromatic rings. The average Bonchev–Trinajstić information content (AvgIpc) is 3.48. The number of ether oxygens (including phenoxy) is 1. The maximum Gasteiger partial charge on any atom is 0.471 e. The lowest BCUT2D eigenvalue weighted by Gasteiger charge is -2.35.